The molecule has 4 nitrogen and oxygen atoms in total. The van der Waals surface area contributed by atoms with Crippen LogP contribution in [0.3, 0.4) is 0 Å². The highest BCUT2D eigenvalue weighted by molar-refractivity contribution is 5.84. The topological polar surface area (TPSA) is 59.0 Å². The molecule has 70 valence electrons. The van der Waals surface area contributed by atoms with Crippen molar-refractivity contribution in [3.63, 3.8) is 0 Å². The molecule has 0 spiro atoms. The number of fused-ring (bicyclic) bond motifs is 1. The Kier molecular flexibility index (Phi) is 2.07. The van der Waals surface area contributed by atoms with Crippen molar-refractivity contribution in [1.29, 1.82) is 5.26 Å². The number of hydrogen-bond donors (Lipinski definition) is 0. The molecule has 0 unspecified atom stereocenters. The number of hydrogen-bond acceptors (Lipinski definition) is 4. The van der Waals surface area contributed by atoms with Gasteiger partial charge in [-0.05, 0) is 6.07 Å². The zero-order valence-corrected chi connectivity index (χ0v) is 7.65. The van der Waals surface area contributed by atoms with Gasteiger partial charge in [0, 0.05) is 17.1 Å². The van der Waals surface area contributed by atoms with Gasteiger partial charge in [-0.3, -0.25) is 0 Å². The van der Waals surface area contributed by atoms with Crippen molar-refractivity contribution >= 4 is 11.0 Å². The van der Waals surface area contributed by atoms with Gasteiger partial charge in [0.05, 0.1) is 25.9 Å². The van der Waals surface area contributed by atoms with Gasteiger partial charge < -0.3 is 9.15 Å². The summed E-state index contributed by atoms with van der Waals surface area (Å²) in [5.41, 5.74) is 1.46. The number of nitriles is 1. The van der Waals surface area contributed by atoms with Crippen LogP contribution in [0.4, 0.5) is 0 Å². The first kappa shape index (κ1) is 8.57. The first-order chi connectivity index (χ1) is 6.86. The summed E-state index contributed by atoms with van der Waals surface area (Å²) >= 11 is 0. The zero-order chi connectivity index (χ0) is 9.97. The van der Waals surface area contributed by atoms with E-state index in [0.717, 1.165) is 10.9 Å². The minimum atomic E-state index is 0.333. The van der Waals surface area contributed by atoms with Crippen molar-refractivity contribution in [2.75, 3.05) is 7.11 Å². The van der Waals surface area contributed by atoms with Gasteiger partial charge in [-0.2, -0.15) is 5.26 Å². The summed E-state index contributed by atoms with van der Waals surface area (Å²) in [7, 11) is 1.54. The highest BCUT2D eigenvalue weighted by Crippen LogP contribution is 2.27. The predicted molar refractivity (Wildman–Crippen MR) is 49.9 cm³/mol. The van der Waals surface area contributed by atoms with Crippen LogP contribution in [-0.4, -0.2) is 12.1 Å². The van der Waals surface area contributed by atoms with E-state index < -0.39 is 0 Å². The molecule has 2 heterocycles. The zero-order valence-electron chi connectivity index (χ0n) is 7.65. The number of pyridine rings is 1. The standard InChI is InChI=1S/C10H8N2O2/c1-13-10-9-8(3-5-12-10)7(2-4-11)6-14-9/h3,5-6H,2H2,1H3. The summed E-state index contributed by atoms with van der Waals surface area (Å²) in [5.74, 6) is 0.451. The normalized spacial score (nSPS) is 10.0. The van der Waals surface area contributed by atoms with Crippen molar-refractivity contribution in [2.45, 2.75) is 6.42 Å². The molecular formula is C10H8N2O2. The molecule has 0 saturated heterocycles. The molecule has 0 fully saturated rings. The fourth-order valence-electron chi connectivity index (χ4n) is 1.36. The van der Waals surface area contributed by atoms with Crippen molar-refractivity contribution in [1.82, 2.24) is 4.98 Å². The molecule has 14 heavy (non-hydrogen) atoms. The average molecular weight is 188 g/mol. The minimum absolute atomic E-state index is 0.333. The predicted octanol–water partition coefficient (Wildman–Crippen LogP) is 1.90. The van der Waals surface area contributed by atoms with E-state index in [2.05, 4.69) is 11.1 Å². The van der Waals surface area contributed by atoms with E-state index in [1.165, 1.54) is 7.11 Å². The molecule has 0 aliphatic carbocycles. The summed E-state index contributed by atoms with van der Waals surface area (Å²) in [6, 6.07) is 3.89. The van der Waals surface area contributed by atoms with Crippen LogP contribution in [-0.2, 0) is 6.42 Å². The Morgan fingerprint density at radius 3 is 3.21 bits per heavy atom. The monoisotopic (exact) mass is 188 g/mol. The maximum absolute atomic E-state index is 8.59. The number of rotatable bonds is 2. The molecule has 0 N–H and O–H groups in total. The number of furan rings is 1. The largest absolute Gasteiger partial charge is 0.478 e. The summed E-state index contributed by atoms with van der Waals surface area (Å²) in [5, 5.41) is 9.47. The Hall–Kier alpha value is -2.02. The van der Waals surface area contributed by atoms with Gasteiger partial charge in [0.25, 0.3) is 5.88 Å². The van der Waals surface area contributed by atoms with Crippen LogP contribution in [0.15, 0.2) is 22.9 Å². The lowest BCUT2D eigenvalue weighted by atomic mass is 10.1. The van der Waals surface area contributed by atoms with E-state index in [1.807, 2.05) is 6.07 Å². The maximum Gasteiger partial charge on any atom is 0.257 e. The van der Waals surface area contributed by atoms with Crippen molar-refractivity contribution < 1.29 is 9.15 Å². The number of ether oxygens (including phenoxy) is 1. The van der Waals surface area contributed by atoms with Gasteiger partial charge in [-0.1, -0.05) is 0 Å². The lowest BCUT2D eigenvalue weighted by Gasteiger charge is -1.97. The molecule has 0 radical (unpaired) electrons. The van der Waals surface area contributed by atoms with Crippen LogP contribution >= 0.6 is 0 Å². The Labute approximate surface area is 80.7 Å². The second-order valence-corrected chi connectivity index (χ2v) is 2.79. The molecule has 0 aromatic carbocycles. The van der Waals surface area contributed by atoms with Gasteiger partial charge in [-0.25, -0.2) is 4.98 Å². The molecule has 0 amide bonds. The third-order valence-corrected chi connectivity index (χ3v) is 2.00. The van der Waals surface area contributed by atoms with E-state index in [4.69, 9.17) is 14.4 Å². The molecule has 4 heteroatoms. The van der Waals surface area contributed by atoms with Crippen LogP contribution in [0.25, 0.3) is 11.0 Å². The average Bonchev–Trinajstić information content (AvgIpc) is 2.62. The lowest BCUT2D eigenvalue weighted by molar-refractivity contribution is 0.394. The van der Waals surface area contributed by atoms with Crippen LogP contribution in [0.5, 0.6) is 5.88 Å². The summed E-state index contributed by atoms with van der Waals surface area (Å²) in [6.07, 6.45) is 3.54. The van der Waals surface area contributed by atoms with E-state index in [9.17, 15) is 0 Å². The Morgan fingerprint density at radius 2 is 2.50 bits per heavy atom. The number of aromatic nitrogens is 1. The highest BCUT2D eigenvalue weighted by atomic mass is 16.5. The maximum atomic E-state index is 8.59. The molecule has 0 atom stereocenters. The Balaban J connectivity index is 2.64. The SMILES string of the molecule is COc1nccc2c(CC#N)coc12. The van der Waals surface area contributed by atoms with Gasteiger partial charge in [0.15, 0.2) is 5.58 Å². The van der Waals surface area contributed by atoms with E-state index >= 15 is 0 Å². The number of nitrogens with zero attached hydrogens (tertiary/aromatic N) is 2. The molecule has 0 aliphatic heterocycles. The van der Waals surface area contributed by atoms with E-state index in [1.54, 1.807) is 12.5 Å². The molecule has 0 saturated carbocycles. The minimum Gasteiger partial charge on any atom is -0.478 e. The smallest absolute Gasteiger partial charge is 0.257 e. The first-order valence-electron chi connectivity index (χ1n) is 4.13. The van der Waals surface area contributed by atoms with E-state index in [0.29, 0.717) is 17.9 Å². The summed E-state index contributed by atoms with van der Waals surface area (Å²) < 4.78 is 10.3. The van der Waals surface area contributed by atoms with Crippen molar-refractivity contribution in [2.24, 2.45) is 0 Å². The molecule has 0 aliphatic rings. The van der Waals surface area contributed by atoms with Crippen LogP contribution in [0, 0.1) is 11.3 Å². The number of methoxy groups -OCH3 is 1. The molecular weight excluding hydrogens is 180 g/mol. The van der Waals surface area contributed by atoms with Gasteiger partial charge >= 0.3 is 0 Å². The highest BCUT2D eigenvalue weighted by Gasteiger charge is 2.10. The second-order valence-electron chi connectivity index (χ2n) is 2.79. The van der Waals surface area contributed by atoms with Gasteiger partial charge in [0.2, 0.25) is 0 Å². The quantitative estimate of drug-likeness (QED) is 0.722. The fourth-order valence-corrected chi connectivity index (χ4v) is 1.36. The molecule has 2 aromatic rings. The molecule has 0 bridgehead atoms. The van der Waals surface area contributed by atoms with Crippen molar-refractivity contribution in [3.8, 4) is 11.9 Å². The Morgan fingerprint density at radius 1 is 1.64 bits per heavy atom. The second kappa shape index (κ2) is 3.38. The molecule has 2 aromatic heterocycles. The Bertz CT molecular complexity index is 496. The van der Waals surface area contributed by atoms with Gasteiger partial charge in [-0.15, -0.1) is 0 Å². The third kappa shape index (κ3) is 1.19. The van der Waals surface area contributed by atoms with Crippen LogP contribution < -0.4 is 4.74 Å². The lowest BCUT2D eigenvalue weighted by Crippen LogP contribution is -1.87. The van der Waals surface area contributed by atoms with Gasteiger partial charge in [0.1, 0.15) is 0 Å². The summed E-state index contributed by atoms with van der Waals surface area (Å²) in [6.45, 7) is 0. The third-order valence-electron chi connectivity index (χ3n) is 2.00. The fraction of sp³-hybridized carbons (Fsp3) is 0.200. The van der Waals surface area contributed by atoms with Crippen LogP contribution in [0.2, 0.25) is 0 Å². The first-order valence-corrected chi connectivity index (χ1v) is 4.13. The molecule has 2 rings (SSSR count). The van der Waals surface area contributed by atoms with Crippen molar-refractivity contribution in [3.05, 3.63) is 24.1 Å². The summed E-state index contributed by atoms with van der Waals surface area (Å²) in [4.78, 5) is 4.00. The van der Waals surface area contributed by atoms with Crippen LogP contribution in [0.1, 0.15) is 5.56 Å². The van der Waals surface area contributed by atoms with E-state index in [-0.39, 0.29) is 0 Å².